The second-order valence-corrected chi connectivity index (χ2v) is 6.74. The summed E-state index contributed by atoms with van der Waals surface area (Å²) in [6, 6.07) is 3.89. The van der Waals surface area contributed by atoms with Gasteiger partial charge < -0.3 is 0 Å². The number of benzene rings is 1. The molecule has 1 aromatic rings. The van der Waals surface area contributed by atoms with Crippen LogP contribution in [-0.4, -0.2) is 4.83 Å². The predicted octanol–water partition coefficient (Wildman–Crippen LogP) is 5.63. The van der Waals surface area contributed by atoms with Crippen LogP contribution in [0.3, 0.4) is 0 Å². The highest BCUT2D eigenvalue weighted by atomic mass is 79.9. The summed E-state index contributed by atoms with van der Waals surface area (Å²) < 4.78 is 26.5. The van der Waals surface area contributed by atoms with E-state index in [-0.39, 0.29) is 0 Å². The maximum atomic E-state index is 13.7. The van der Waals surface area contributed by atoms with Crippen LogP contribution >= 0.6 is 15.9 Å². The molecule has 0 aliphatic heterocycles. The third kappa shape index (κ3) is 4.55. The Balaban J connectivity index is 1.96. The molecule has 1 aromatic carbocycles. The van der Waals surface area contributed by atoms with E-state index in [9.17, 15) is 8.78 Å². The maximum absolute atomic E-state index is 13.7. The smallest absolute Gasteiger partial charge is 0.129 e. The van der Waals surface area contributed by atoms with Gasteiger partial charge in [0.15, 0.2) is 0 Å². The summed E-state index contributed by atoms with van der Waals surface area (Å²) in [5.41, 5.74) is 0.616. The van der Waals surface area contributed by atoms with Gasteiger partial charge in [-0.3, -0.25) is 0 Å². The molecule has 0 heterocycles. The molecule has 0 spiro atoms. The molecule has 1 saturated carbocycles. The number of hydrogen-bond acceptors (Lipinski definition) is 0. The fourth-order valence-electron chi connectivity index (χ4n) is 2.91. The van der Waals surface area contributed by atoms with E-state index < -0.39 is 11.6 Å². The monoisotopic (exact) mass is 330 g/mol. The summed E-state index contributed by atoms with van der Waals surface area (Å²) in [5.74, 6) is -0.307. The number of rotatable bonds is 3. The van der Waals surface area contributed by atoms with Crippen molar-refractivity contribution in [3.63, 3.8) is 0 Å². The Kier molecular flexibility index (Phi) is 5.80. The van der Waals surface area contributed by atoms with Gasteiger partial charge in [-0.1, -0.05) is 54.1 Å². The first kappa shape index (κ1) is 15.0. The first-order valence-electron chi connectivity index (χ1n) is 7.25. The molecule has 0 radical (unpaired) electrons. The van der Waals surface area contributed by atoms with Crippen LogP contribution in [0.15, 0.2) is 18.2 Å². The lowest BCUT2D eigenvalue weighted by molar-refractivity contribution is 0.368. The molecule has 0 amide bonds. The van der Waals surface area contributed by atoms with Crippen LogP contribution in [0, 0.1) is 17.6 Å². The SMILES string of the molecule is Fc1ccc(CC(Br)C2CCCCCCC2)c(F)c1. The van der Waals surface area contributed by atoms with Crippen LogP contribution in [0.25, 0.3) is 0 Å². The van der Waals surface area contributed by atoms with Crippen molar-refractivity contribution in [3.8, 4) is 0 Å². The minimum absolute atomic E-state index is 0.297. The van der Waals surface area contributed by atoms with Gasteiger partial charge in [0.25, 0.3) is 0 Å². The van der Waals surface area contributed by atoms with Crippen molar-refractivity contribution in [2.45, 2.75) is 56.2 Å². The molecule has 1 aliphatic carbocycles. The van der Waals surface area contributed by atoms with Crippen LogP contribution < -0.4 is 0 Å². The molecule has 0 bridgehead atoms. The third-order valence-corrected chi connectivity index (χ3v) is 5.16. The molecule has 1 aliphatic rings. The van der Waals surface area contributed by atoms with Gasteiger partial charge in [0, 0.05) is 10.9 Å². The second-order valence-electron chi connectivity index (χ2n) is 5.56. The quantitative estimate of drug-likeness (QED) is 0.630. The van der Waals surface area contributed by atoms with E-state index in [0.717, 1.165) is 6.07 Å². The van der Waals surface area contributed by atoms with Gasteiger partial charge in [-0.05, 0) is 36.8 Å². The summed E-state index contributed by atoms with van der Waals surface area (Å²) >= 11 is 3.73. The topological polar surface area (TPSA) is 0 Å². The van der Waals surface area contributed by atoms with E-state index in [4.69, 9.17) is 0 Å². The molecule has 1 fully saturated rings. The Hall–Kier alpha value is -0.440. The van der Waals surface area contributed by atoms with E-state index in [1.54, 1.807) is 6.07 Å². The molecule has 106 valence electrons. The number of halogens is 3. The van der Waals surface area contributed by atoms with Crippen molar-refractivity contribution >= 4 is 15.9 Å². The molecule has 0 nitrogen and oxygen atoms in total. The number of hydrogen-bond donors (Lipinski definition) is 0. The van der Waals surface area contributed by atoms with Gasteiger partial charge in [-0.15, -0.1) is 0 Å². The minimum atomic E-state index is -0.502. The molecule has 3 heteroatoms. The van der Waals surface area contributed by atoms with E-state index in [1.165, 1.54) is 51.0 Å². The molecular weight excluding hydrogens is 310 g/mol. The lowest BCUT2D eigenvalue weighted by Gasteiger charge is -2.24. The Morgan fingerprint density at radius 2 is 1.68 bits per heavy atom. The highest BCUT2D eigenvalue weighted by Crippen LogP contribution is 2.31. The van der Waals surface area contributed by atoms with E-state index >= 15 is 0 Å². The van der Waals surface area contributed by atoms with Crippen LogP contribution in [0.2, 0.25) is 0 Å². The first-order valence-corrected chi connectivity index (χ1v) is 8.16. The van der Waals surface area contributed by atoms with Crippen molar-refractivity contribution in [2.75, 3.05) is 0 Å². The van der Waals surface area contributed by atoms with Crippen molar-refractivity contribution in [2.24, 2.45) is 5.92 Å². The zero-order chi connectivity index (χ0) is 13.7. The van der Waals surface area contributed by atoms with Crippen molar-refractivity contribution in [1.82, 2.24) is 0 Å². The molecule has 2 rings (SSSR count). The summed E-state index contributed by atoms with van der Waals surface area (Å²) in [7, 11) is 0. The summed E-state index contributed by atoms with van der Waals surface area (Å²) in [5, 5.41) is 0. The zero-order valence-corrected chi connectivity index (χ0v) is 12.8. The zero-order valence-electron chi connectivity index (χ0n) is 11.2. The molecule has 0 N–H and O–H groups in total. The van der Waals surface area contributed by atoms with E-state index in [0.29, 0.717) is 22.7 Å². The Morgan fingerprint density at radius 3 is 2.32 bits per heavy atom. The third-order valence-electron chi connectivity index (χ3n) is 4.09. The van der Waals surface area contributed by atoms with Crippen LogP contribution in [0.4, 0.5) is 8.78 Å². The average Bonchev–Trinajstić information content (AvgIpc) is 2.32. The number of alkyl halides is 1. The molecule has 0 saturated heterocycles. The highest BCUT2D eigenvalue weighted by Gasteiger charge is 2.21. The molecule has 1 atom stereocenters. The maximum Gasteiger partial charge on any atom is 0.129 e. The standard InChI is InChI=1S/C16H21BrF2/c17-15(12-6-4-2-1-3-5-7-12)10-13-8-9-14(18)11-16(13)19/h8-9,11-12,15H,1-7,10H2. The predicted molar refractivity (Wildman–Crippen MR) is 78.6 cm³/mol. The van der Waals surface area contributed by atoms with Crippen molar-refractivity contribution in [3.05, 3.63) is 35.4 Å². The largest absolute Gasteiger partial charge is 0.207 e. The van der Waals surface area contributed by atoms with Gasteiger partial charge in [-0.2, -0.15) is 0 Å². The fourth-order valence-corrected chi connectivity index (χ4v) is 3.79. The summed E-state index contributed by atoms with van der Waals surface area (Å²) in [4.78, 5) is 0.297. The molecule has 1 unspecified atom stereocenters. The normalized spacial score (nSPS) is 19.7. The molecule has 19 heavy (non-hydrogen) atoms. The van der Waals surface area contributed by atoms with Crippen molar-refractivity contribution < 1.29 is 8.78 Å². The molecule has 0 aromatic heterocycles. The van der Waals surface area contributed by atoms with Gasteiger partial charge in [0.1, 0.15) is 11.6 Å². The van der Waals surface area contributed by atoms with Gasteiger partial charge in [0.05, 0.1) is 0 Å². The van der Waals surface area contributed by atoms with Gasteiger partial charge in [-0.25, -0.2) is 8.78 Å². The average molecular weight is 331 g/mol. The van der Waals surface area contributed by atoms with Crippen molar-refractivity contribution in [1.29, 1.82) is 0 Å². The highest BCUT2D eigenvalue weighted by molar-refractivity contribution is 9.09. The minimum Gasteiger partial charge on any atom is -0.207 e. The summed E-state index contributed by atoms with van der Waals surface area (Å²) in [6.45, 7) is 0. The Labute approximate surface area is 122 Å². The van der Waals surface area contributed by atoms with Gasteiger partial charge in [0.2, 0.25) is 0 Å². The lowest BCUT2D eigenvalue weighted by Crippen LogP contribution is -2.19. The second kappa shape index (κ2) is 7.37. The summed E-state index contributed by atoms with van der Waals surface area (Å²) in [6.07, 6.45) is 9.64. The Morgan fingerprint density at radius 1 is 1.05 bits per heavy atom. The molecular formula is C16H21BrF2. The van der Waals surface area contributed by atoms with E-state index in [1.807, 2.05) is 0 Å². The fraction of sp³-hybridized carbons (Fsp3) is 0.625. The van der Waals surface area contributed by atoms with Crippen LogP contribution in [0.1, 0.15) is 50.5 Å². The van der Waals surface area contributed by atoms with Gasteiger partial charge >= 0.3 is 0 Å². The van der Waals surface area contributed by atoms with Crippen LogP contribution in [0.5, 0.6) is 0 Å². The lowest BCUT2D eigenvalue weighted by atomic mass is 9.87. The van der Waals surface area contributed by atoms with Crippen LogP contribution in [-0.2, 0) is 6.42 Å². The van der Waals surface area contributed by atoms with E-state index in [2.05, 4.69) is 15.9 Å². The first-order chi connectivity index (χ1) is 9.16. The Bertz CT molecular complexity index is 398.